The standard InChI is InChI=1S/C20H20N2O6/c1-3-28-20(25)18(13-15-9-11-17(12-10-15)22(26)27)19(24)21(14(2)23)16-7-5-4-6-8-16/h4-12,18H,3,13H2,1-2H3. The van der Waals surface area contributed by atoms with Crippen LogP contribution in [0.1, 0.15) is 19.4 Å². The predicted molar refractivity (Wildman–Crippen MR) is 102 cm³/mol. The Hall–Kier alpha value is -3.55. The van der Waals surface area contributed by atoms with E-state index in [4.69, 9.17) is 4.74 Å². The zero-order valence-electron chi connectivity index (χ0n) is 15.5. The van der Waals surface area contributed by atoms with E-state index < -0.39 is 28.6 Å². The van der Waals surface area contributed by atoms with E-state index in [1.807, 2.05) is 0 Å². The van der Waals surface area contributed by atoms with Gasteiger partial charge in [-0.25, -0.2) is 0 Å². The molecule has 28 heavy (non-hydrogen) atoms. The first kappa shape index (κ1) is 20.8. The van der Waals surface area contributed by atoms with Crippen LogP contribution in [0.15, 0.2) is 54.6 Å². The molecule has 0 N–H and O–H groups in total. The average molecular weight is 384 g/mol. The van der Waals surface area contributed by atoms with Crippen molar-refractivity contribution in [2.24, 2.45) is 5.92 Å². The molecular weight excluding hydrogens is 364 g/mol. The number of anilines is 1. The highest BCUT2D eigenvalue weighted by molar-refractivity contribution is 6.19. The number of amides is 2. The van der Waals surface area contributed by atoms with Crippen LogP contribution in [0.2, 0.25) is 0 Å². The van der Waals surface area contributed by atoms with Crippen LogP contribution in [-0.2, 0) is 25.5 Å². The number of nitro benzene ring substituents is 1. The van der Waals surface area contributed by atoms with Crippen LogP contribution in [0.3, 0.4) is 0 Å². The number of nitrogens with zero attached hydrogens (tertiary/aromatic N) is 2. The SMILES string of the molecule is CCOC(=O)C(Cc1ccc([N+](=O)[O-])cc1)C(=O)N(C(C)=O)c1ccccc1. The molecule has 0 aliphatic carbocycles. The average Bonchev–Trinajstić information content (AvgIpc) is 2.67. The number of ether oxygens (including phenoxy) is 1. The lowest BCUT2D eigenvalue weighted by molar-refractivity contribution is -0.384. The second kappa shape index (κ2) is 9.40. The van der Waals surface area contributed by atoms with Crippen LogP contribution in [-0.4, -0.2) is 29.3 Å². The van der Waals surface area contributed by atoms with Crippen molar-refractivity contribution < 1.29 is 24.0 Å². The first-order valence-corrected chi connectivity index (χ1v) is 8.64. The Morgan fingerprint density at radius 3 is 2.18 bits per heavy atom. The highest BCUT2D eigenvalue weighted by atomic mass is 16.6. The van der Waals surface area contributed by atoms with Gasteiger partial charge in [-0.05, 0) is 31.0 Å². The van der Waals surface area contributed by atoms with Crippen molar-refractivity contribution in [1.82, 2.24) is 0 Å². The van der Waals surface area contributed by atoms with Crippen molar-refractivity contribution in [2.45, 2.75) is 20.3 Å². The van der Waals surface area contributed by atoms with Crippen molar-refractivity contribution in [3.63, 3.8) is 0 Å². The summed E-state index contributed by atoms with van der Waals surface area (Å²) in [5.74, 6) is -3.26. The largest absolute Gasteiger partial charge is 0.465 e. The molecule has 1 atom stereocenters. The maximum atomic E-state index is 13.1. The number of imide groups is 1. The van der Waals surface area contributed by atoms with Gasteiger partial charge in [0, 0.05) is 19.1 Å². The number of carbonyl (C=O) groups excluding carboxylic acids is 3. The predicted octanol–water partition coefficient (Wildman–Crippen LogP) is 2.90. The Morgan fingerprint density at radius 1 is 1.07 bits per heavy atom. The molecule has 0 aromatic heterocycles. The Labute approximate surface area is 161 Å². The van der Waals surface area contributed by atoms with E-state index in [2.05, 4.69) is 0 Å². The fourth-order valence-electron chi connectivity index (χ4n) is 2.70. The van der Waals surface area contributed by atoms with Crippen LogP contribution in [0.5, 0.6) is 0 Å². The molecule has 0 fully saturated rings. The third-order valence-corrected chi connectivity index (χ3v) is 4.01. The first-order chi connectivity index (χ1) is 13.3. The van der Waals surface area contributed by atoms with Gasteiger partial charge in [-0.1, -0.05) is 30.3 Å². The monoisotopic (exact) mass is 384 g/mol. The molecule has 0 bridgehead atoms. The van der Waals surface area contributed by atoms with E-state index in [1.54, 1.807) is 37.3 Å². The van der Waals surface area contributed by atoms with Gasteiger partial charge >= 0.3 is 5.97 Å². The summed E-state index contributed by atoms with van der Waals surface area (Å²) in [5.41, 5.74) is 0.781. The molecule has 1 unspecified atom stereocenters. The molecule has 146 valence electrons. The minimum atomic E-state index is -1.26. The van der Waals surface area contributed by atoms with Crippen LogP contribution in [0.25, 0.3) is 0 Å². The van der Waals surface area contributed by atoms with E-state index >= 15 is 0 Å². The maximum Gasteiger partial charge on any atom is 0.318 e. The van der Waals surface area contributed by atoms with Gasteiger partial charge in [-0.2, -0.15) is 0 Å². The first-order valence-electron chi connectivity index (χ1n) is 8.64. The summed E-state index contributed by atoms with van der Waals surface area (Å²) in [7, 11) is 0. The van der Waals surface area contributed by atoms with E-state index in [0.717, 1.165) is 4.90 Å². The molecular formula is C20H20N2O6. The molecule has 8 nitrogen and oxygen atoms in total. The van der Waals surface area contributed by atoms with Gasteiger partial charge in [-0.3, -0.25) is 29.4 Å². The van der Waals surface area contributed by atoms with Crippen LogP contribution >= 0.6 is 0 Å². The summed E-state index contributed by atoms with van der Waals surface area (Å²) in [4.78, 5) is 48.8. The summed E-state index contributed by atoms with van der Waals surface area (Å²) in [6, 6.07) is 13.8. The lowest BCUT2D eigenvalue weighted by atomic mass is 9.97. The summed E-state index contributed by atoms with van der Waals surface area (Å²) in [6.07, 6.45) is -0.0493. The van der Waals surface area contributed by atoms with Crippen LogP contribution in [0.4, 0.5) is 11.4 Å². The van der Waals surface area contributed by atoms with E-state index in [0.29, 0.717) is 11.3 Å². The lowest BCUT2D eigenvalue weighted by Crippen LogP contribution is -2.43. The van der Waals surface area contributed by atoms with Gasteiger partial charge in [0.05, 0.1) is 17.2 Å². The van der Waals surface area contributed by atoms with Crippen LogP contribution in [0, 0.1) is 16.0 Å². The second-order valence-electron chi connectivity index (χ2n) is 5.96. The van der Waals surface area contributed by atoms with Crippen molar-refractivity contribution >= 4 is 29.2 Å². The van der Waals surface area contributed by atoms with Gasteiger partial charge in [0.1, 0.15) is 5.92 Å². The Kier molecular flexibility index (Phi) is 6.97. The summed E-state index contributed by atoms with van der Waals surface area (Å²) in [6.45, 7) is 2.93. The van der Waals surface area contributed by atoms with Crippen molar-refractivity contribution in [2.75, 3.05) is 11.5 Å². The normalized spacial score (nSPS) is 11.4. The fourth-order valence-corrected chi connectivity index (χ4v) is 2.70. The van der Waals surface area contributed by atoms with Crippen molar-refractivity contribution in [3.05, 3.63) is 70.3 Å². The Morgan fingerprint density at radius 2 is 1.68 bits per heavy atom. The molecule has 2 rings (SSSR count). The maximum absolute atomic E-state index is 13.1. The number of para-hydroxylation sites is 1. The van der Waals surface area contributed by atoms with Gasteiger partial charge in [0.15, 0.2) is 0 Å². The van der Waals surface area contributed by atoms with E-state index in [1.165, 1.54) is 31.2 Å². The molecule has 0 radical (unpaired) electrons. The lowest BCUT2D eigenvalue weighted by Gasteiger charge is -2.24. The number of rotatable bonds is 7. The van der Waals surface area contributed by atoms with Gasteiger partial charge in [0.25, 0.3) is 5.69 Å². The van der Waals surface area contributed by atoms with Crippen LogP contribution < -0.4 is 4.90 Å². The smallest absolute Gasteiger partial charge is 0.318 e. The summed E-state index contributed by atoms with van der Waals surface area (Å²) < 4.78 is 5.02. The molecule has 0 saturated carbocycles. The van der Waals surface area contributed by atoms with Crippen molar-refractivity contribution in [3.8, 4) is 0 Å². The molecule has 2 aromatic carbocycles. The number of esters is 1. The fraction of sp³-hybridized carbons (Fsp3) is 0.250. The number of non-ortho nitro benzene ring substituents is 1. The molecule has 2 amide bonds. The molecule has 0 saturated heterocycles. The minimum absolute atomic E-state index is 0.0493. The molecule has 0 aliphatic rings. The molecule has 0 heterocycles. The quantitative estimate of drug-likeness (QED) is 0.314. The zero-order valence-corrected chi connectivity index (χ0v) is 15.5. The highest BCUT2D eigenvalue weighted by Gasteiger charge is 2.34. The Bertz CT molecular complexity index is 864. The number of hydrogen-bond donors (Lipinski definition) is 0. The molecule has 0 aliphatic heterocycles. The molecule has 0 spiro atoms. The number of hydrogen-bond acceptors (Lipinski definition) is 6. The summed E-state index contributed by atoms with van der Waals surface area (Å²) >= 11 is 0. The van der Waals surface area contributed by atoms with E-state index in [-0.39, 0.29) is 18.7 Å². The van der Waals surface area contributed by atoms with Gasteiger partial charge in [-0.15, -0.1) is 0 Å². The van der Waals surface area contributed by atoms with Crippen molar-refractivity contribution in [1.29, 1.82) is 0 Å². The molecule has 8 heteroatoms. The van der Waals surface area contributed by atoms with Gasteiger partial charge in [0.2, 0.25) is 11.8 Å². The van der Waals surface area contributed by atoms with Gasteiger partial charge < -0.3 is 4.74 Å². The third kappa shape index (κ3) is 5.00. The van der Waals surface area contributed by atoms with E-state index in [9.17, 15) is 24.5 Å². The number of nitro groups is 1. The number of carbonyl (C=O) groups is 3. The summed E-state index contributed by atoms with van der Waals surface area (Å²) in [5, 5.41) is 10.8. The zero-order chi connectivity index (χ0) is 20.7. The Balaban J connectivity index is 2.35. The molecule has 2 aromatic rings. The topological polar surface area (TPSA) is 107 Å². The highest BCUT2D eigenvalue weighted by Crippen LogP contribution is 2.21. The second-order valence-corrected chi connectivity index (χ2v) is 5.96. The third-order valence-electron chi connectivity index (χ3n) is 4.01. The minimum Gasteiger partial charge on any atom is -0.465 e. The number of benzene rings is 2.